The molecule has 2 aromatic carbocycles. The van der Waals surface area contributed by atoms with Gasteiger partial charge >= 0.3 is 0 Å². The number of likely N-dealkylation sites (tertiary alicyclic amines) is 1. The summed E-state index contributed by atoms with van der Waals surface area (Å²) in [6, 6.07) is 7.36. The molecular formula is C22H21BrF2N4O2. The van der Waals surface area contributed by atoms with E-state index in [1.165, 1.54) is 6.20 Å². The van der Waals surface area contributed by atoms with Crippen LogP contribution in [0.4, 0.5) is 14.6 Å². The number of fused-ring (bicyclic) bond motifs is 1. The molecule has 6 nitrogen and oxygen atoms in total. The van der Waals surface area contributed by atoms with Crippen molar-refractivity contribution in [1.29, 1.82) is 0 Å². The van der Waals surface area contributed by atoms with E-state index in [9.17, 15) is 13.6 Å². The molecular weight excluding hydrogens is 470 g/mol. The highest BCUT2D eigenvalue weighted by Gasteiger charge is 2.29. The van der Waals surface area contributed by atoms with E-state index < -0.39 is 11.6 Å². The van der Waals surface area contributed by atoms with E-state index in [0.29, 0.717) is 30.2 Å². The van der Waals surface area contributed by atoms with Crippen molar-refractivity contribution in [3.05, 3.63) is 58.2 Å². The molecule has 162 valence electrons. The summed E-state index contributed by atoms with van der Waals surface area (Å²) < 4.78 is 33.1. The molecule has 0 saturated carbocycles. The average Bonchev–Trinajstić information content (AvgIpc) is 2.78. The molecule has 0 bridgehead atoms. The molecule has 4 rings (SSSR count). The quantitative estimate of drug-likeness (QED) is 0.556. The number of hydrogen-bond acceptors (Lipinski definition) is 5. The van der Waals surface area contributed by atoms with Crippen LogP contribution in [0.25, 0.3) is 11.0 Å². The van der Waals surface area contributed by atoms with Crippen molar-refractivity contribution >= 4 is 38.7 Å². The zero-order valence-electron chi connectivity index (χ0n) is 16.9. The second-order valence-corrected chi connectivity index (χ2v) is 8.30. The molecule has 1 aromatic heterocycles. The Morgan fingerprint density at radius 1 is 1.23 bits per heavy atom. The number of ether oxygens (including phenoxy) is 1. The van der Waals surface area contributed by atoms with Gasteiger partial charge in [0.25, 0.3) is 5.91 Å². The lowest BCUT2D eigenvalue weighted by Crippen LogP contribution is -2.47. The van der Waals surface area contributed by atoms with Crippen molar-refractivity contribution < 1.29 is 18.3 Å². The number of hydrogen-bond donors (Lipinski definition) is 1. The van der Waals surface area contributed by atoms with Crippen molar-refractivity contribution in [2.24, 2.45) is 0 Å². The number of nitrogens with zero attached hydrogens (tertiary/aromatic N) is 3. The van der Waals surface area contributed by atoms with Gasteiger partial charge in [0, 0.05) is 35.7 Å². The molecule has 1 amide bonds. The van der Waals surface area contributed by atoms with Crippen molar-refractivity contribution in [1.82, 2.24) is 14.9 Å². The summed E-state index contributed by atoms with van der Waals surface area (Å²) in [5.74, 6) is -1.05. The molecule has 1 aliphatic heterocycles. The van der Waals surface area contributed by atoms with E-state index in [-0.39, 0.29) is 23.0 Å². The van der Waals surface area contributed by atoms with Crippen LogP contribution < -0.4 is 10.1 Å². The van der Waals surface area contributed by atoms with Crippen LogP contribution in [0.5, 0.6) is 5.75 Å². The SMILES string of the molecule is COc1ccc(Br)cc1C(=O)N1CCCCC1CNc1cnc2cc(F)c(F)cc2n1. The highest BCUT2D eigenvalue weighted by atomic mass is 79.9. The van der Waals surface area contributed by atoms with Crippen molar-refractivity contribution in [3.8, 4) is 5.75 Å². The summed E-state index contributed by atoms with van der Waals surface area (Å²) in [6.07, 6.45) is 4.26. The summed E-state index contributed by atoms with van der Waals surface area (Å²) in [6.45, 7) is 1.11. The number of halogens is 3. The normalized spacial score (nSPS) is 16.4. The van der Waals surface area contributed by atoms with E-state index >= 15 is 0 Å². The van der Waals surface area contributed by atoms with Gasteiger partial charge in [-0.2, -0.15) is 0 Å². The number of piperidine rings is 1. The first-order valence-electron chi connectivity index (χ1n) is 9.96. The molecule has 1 saturated heterocycles. The first-order chi connectivity index (χ1) is 15.0. The van der Waals surface area contributed by atoms with Gasteiger partial charge < -0.3 is 15.0 Å². The summed E-state index contributed by atoms with van der Waals surface area (Å²) in [5.41, 5.74) is 1.05. The third-order valence-corrected chi connectivity index (χ3v) is 5.88. The highest BCUT2D eigenvalue weighted by molar-refractivity contribution is 9.10. The largest absolute Gasteiger partial charge is 0.496 e. The molecule has 0 radical (unpaired) electrons. The van der Waals surface area contributed by atoms with Crippen molar-refractivity contribution in [3.63, 3.8) is 0 Å². The van der Waals surface area contributed by atoms with Crippen LogP contribution in [-0.2, 0) is 0 Å². The standard InChI is InChI=1S/C22H21BrF2N4O2/c1-31-20-6-5-13(23)8-15(20)22(30)29-7-3-2-4-14(29)11-27-21-12-26-18-9-16(24)17(25)10-19(18)28-21/h5-6,8-10,12,14H,2-4,7,11H2,1H3,(H,27,28). The number of nitrogens with one attached hydrogen (secondary N) is 1. The Morgan fingerprint density at radius 2 is 2.00 bits per heavy atom. The fourth-order valence-electron chi connectivity index (χ4n) is 3.80. The van der Waals surface area contributed by atoms with Crippen LogP contribution in [0.15, 0.2) is 41.0 Å². The van der Waals surface area contributed by atoms with Crippen LogP contribution in [0, 0.1) is 11.6 Å². The molecule has 1 N–H and O–H groups in total. The number of anilines is 1. The summed E-state index contributed by atoms with van der Waals surface area (Å²) >= 11 is 3.42. The van der Waals surface area contributed by atoms with Gasteiger partial charge in [0.05, 0.1) is 29.9 Å². The second kappa shape index (κ2) is 9.13. The first-order valence-corrected chi connectivity index (χ1v) is 10.8. The maximum atomic E-state index is 13.5. The maximum Gasteiger partial charge on any atom is 0.257 e. The van der Waals surface area contributed by atoms with Crippen LogP contribution in [0.2, 0.25) is 0 Å². The smallest absolute Gasteiger partial charge is 0.257 e. The van der Waals surface area contributed by atoms with E-state index in [2.05, 4.69) is 31.2 Å². The fourth-order valence-corrected chi connectivity index (χ4v) is 4.16. The Labute approximate surface area is 186 Å². The Morgan fingerprint density at radius 3 is 2.77 bits per heavy atom. The zero-order chi connectivity index (χ0) is 22.0. The van der Waals surface area contributed by atoms with E-state index in [1.54, 1.807) is 19.2 Å². The van der Waals surface area contributed by atoms with Gasteiger partial charge in [0.2, 0.25) is 0 Å². The molecule has 1 unspecified atom stereocenters. The molecule has 0 aliphatic carbocycles. The number of benzene rings is 2. The van der Waals surface area contributed by atoms with Crippen LogP contribution in [0.1, 0.15) is 29.6 Å². The molecule has 31 heavy (non-hydrogen) atoms. The predicted molar refractivity (Wildman–Crippen MR) is 117 cm³/mol. The first kappa shape index (κ1) is 21.4. The van der Waals surface area contributed by atoms with Gasteiger partial charge in [-0.25, -0.2) is 13.8 Å². The minimum atomic E-state index is -0.967. The Kier molecular flexibility index (Phi) is 6.31. The molecule has 9 heteroatoms. The highest BCUT2D eigenvalue weighted by Crippen LogP contribution is 2.27. The number of carbonyl (C=O) groups is 1. The number of rotatable bonds is 5. The second-order valence-electron chi connectivity index (χ2n) is 7.38. The Hall–Kier alpha value is -2.81. The van der Waals surface area contributed by atoms with Crippen LogP contribution >= 0.6 is 15.9 Å². The minimum absolute atomic E-state index is 0.0487. The third-order valence-electron chi connectivity index (χ3n) is 5.38. The third kappa shape index (κ3) is 4.61. The molecule has 0 spiro atoms. The fraction of sp³-hybridized carbons (Fsp3) is 0.318. The van der Waals surface area contributed by atoms with Crippen LogP contribution in [-0.4, -0.2) is 47.0 Å². The molecule has 3 aromatic rings. The molecule has 1 aliphatic rings. The number of amides is 1. The van der Waals surface area contributed by atoms with Crippen LogP contribution in [0.3, 0.4) is 0 Å². The van der Waals surface area contributed by atoms with E-state index in [4.69, 9.17) is 4.74 Å². The lowest BCUT2D eigenvalue weighted by atomic mass is 10.0. The van der Waals surface area contributed by atoms with Gasteiger partial charge in [-0.05, 0) is 37.5 Å². The van der Waals surface area contributed by atoms with Gasteiger partial charge in [-0.1, -0.05) is 15.9 Å². The average molecular weight is 491 g/mol. The minimum Gasteiger partial charge on any atom is -0.496 e. The Balaban J connectivity index is 1.52. The summed E-state index contributed by atoms with van der Waals surface area (Å²) in [7, 11) is 1.54. The number of methoxy groups -OCH3 is 1. The Bertz CT molecular complexity index is 1130. The van der Waals surface area contributed by atoms with E-state index in [1.807, 2.05) is 11.0 Å². The summed E-state index contributed by atoms with van der Waals surface area (Å²) in [5, 5.41) is 3.19. The van der Waals surface area contributed by atoms with Crippen molar-refractivity contribution in [2.45, 2.75) is 25.3 Å². The zero-order valence-corrected chi connectivity index (χ0v) is 18.5. The maximum absolute atomic E-state index is 13.5. The topological polar surface area (TPSA) is 67.3 Å². The van der Waals surface area contributed by atoms with Gasteiger partial charge in [0.15, 0.2) is 11.6 Å². The predicted octanol–water partition coefficient (Wildman–Crippen LogP) is 4.79. The van der Waals surface area contributed by atoms with Crippen molar-refractivity contribution in [2.75, 3.05) is 25.5 Å². The lowest BCUT2D eigenvalue weighted by Gasteiger charge is -2.36. The summed E-state index contributed by atoms with van der Waals surface area (Å²) in [4.78, 5) is 23.6. The molecule has 1 fully saturated rings. The van der Waals surface area contributed by atoms with E-state index in [0.717, 1.165) is 35.9 Å². The number of carbonyl (C=O) groups excluding carboxylic acids is 1. The van der Waals surface area contributed by atoms with Gasteiger partial charge in [0.1, 0.15) is 11.6 Å². The lowest BCUT2D eigenvalue weighted by molar-refractivity contribution is 0.0625. The van der Waals surface area contributed by atoms with Gasteiger partial charge in [-0.15, -0.1) is 0 Å². The number of aromatic nitrogens is 2. The monoisotopic (exact) mass is 490 g/mol. The molecule has 2 heterocycles. The molecule has 1 atom stereocenters. The van der Waals surface area contributed by atoms with Gasteiger partial charge in [-0.3, -0.25) is 9.78 Å².